The smallest absolute Gasteiger partial charge is 0.290 e. The highest BCUT2D eigenvalue weighted by Gasteiger charge is 2.25. The minimum atomic E-state index is -0.389. The molecule has 0 radical (unpaired) electrons. The Hall–Kier alpha value is -2.38. The number of nitrogens with zero attached hydrogens (tertiary/aromatic N) is 1. The van der Waals surface area contributed by atoms with Gasteiger partial charge in [0.05, 0.1) is 10.9 Å². The van der Waals surface area contributed by atoms with Crippen LogP contribution in [0.3, 0.4) is 0 Å². The highest BCUT2D eigenvalue weighted by Crippen LogP contribution is 2.27. The summed E-state index contributed by atoms with van der Waals surface area (Å²) in [4.78, 5) is 38.6. The summed E-state index contributed by atoms with van der Waals surface area (Å²) in [6.45, 7) is 2.00. The molecule has 1 aromatic carbocycles. The predicted octanol–water partition coefficient (Wildman–Crippen LogP) is 3.91. The van der Waals surface area contributed by atoms with Crippen LogP contribution in [-0.2, 0) is 4.79 Å². The molecule has 0 spiro atoms. The van der Waals surface area contributed by atoms with Gasteiger partial charge in [-0.25, -0.2) is 0 Å². The van der Waals surface area contributed by atoms with Crippen LogP contribution in [0.25, 0.3) is 6.08 Å². The monoisotopic (exact) mass is 372 g/mol. The number of benzene rings is 1. The number of carbonyl (C=O) groups excluding carboxylic acids is 3. The molecule has 1 N–H and O–H groups in total. The van der Waals surface area contributed by atoms with Gasteiger partial charge in [-0.1, -0.05) is 18.2 Å². The molecule has 1 aromatic heterocycles. The van der Waals surface area contributed by atoms with Crippen molar-refractivity contribution < 1.29 is 14.4 Å². The van der Waals surface area contributed by atoms with Crippen molar-refractivity contribution in [3.8, 4) is 0 Å². The van der Waals surface area contributed by atoms with Crippen LogP contribution in [0.15, 0.2) is 46.7 Å². The van der Waals surface area contributed by atoms with Crippen LogP contribution >= 0.6 is 23.1 Å². The molecule has 3 amide bonds. The quantitative estimate of drug-likeness (QED) is 0.827. The van der Waals surface area contributed by atoms with Gasteiger partial charge in [0.15, 0.2) is 0 Å². The van der Waals surface area contributed by atoms with Gasteiger partial charge >= 0.3 is 0 Å². The van der Waals surface area contributed by atoms with E-state index in [1.54, 1.807) is 53.6 Å². The Labute approximate surface area is 153 Å². The molecular weight excluding hydrogens is 356 g/mol. The highest BCUT2D eigenvalue weighted by molar-refractivity contribution is 8.18. The summed E-state index contributed by atoms with van der Waals surface area (Å²) in [5.74, 6) is -0.456. The van der Waals surface area contributed by atoms with E-state index in [2.05, 4.69) is 5.32 Å². The minimum Gasteiger partial charge on any atom is -0.334 e. The summed E-state index contributed by atoms with van der Waals surface area (Å²) in [6.07, 6.45) is 1.64. The van der Waals surface area contributed by atoms with Crippen LogP contribution in [0.5, 0.6) is 0 Å². The van der Waals surface area contributed by atoms with Crippen molar-refractivity contribution in [2.75, 3.05) is 7.05 Å². The first-order valence-electron chi connectivity index (χ1n) is 7.61. The van der Waals surface area contributed by atoms with E-state index in [-0.39, 0.29) is 23.1 Å². The van der Waals surface area contributed by atoms with Crippen molar-refractivity contribution in [2.45, 2.75) is 13.0 Å². The first-order chi connectivity index (χ1) is 12.0. The van der Waals surface area contributed by atoms with Gasteiger partial charge < -0.3 is 4.90 Å². The second-order valence-corrected chi connectivity index (χ2v) is 7.58. The number of rotatable bonds is 4. The number of nitrogens with one attached hydrogen (secondary N) is 1. The third-order valence-corrected chi connectivity index (χ3v) is 5.81. The van der Waals surface area contributed by atoms with Crippen LogP contribution in [-0.4, -0.2) is 29.0 Å². The minimum absolute atomic E-state index is 0.00103. The van der Waals surface area contributed by atoms with Gasteiger partial charge in [0.2, 0.25) is 0 Å². The lowest BCUT2D eigenvalue weighted by atomic mass is 10.1. The molecular formula is C18H16N2O3S2. The molecule has 0 aliphatic carbocycles. The van der Waals surface area contributed by atoms with E-state index in [9.17, 15) is 14.4 Å². The predicted molar refractivity (Wildman–Crippen MR) is 100 cm³/mol. The van der Waals surface area contributed by atoms with Crippen molar-refractivity contribution in [3.63, 3.8) is 0 Å². The lowest BCUT2D eigenvalue weighted by Gasteiger charge is -2.24. The molecule has 1 unspecified atom stereocenters. The Morgan fingerprint density at radius 2 is 1.92 bits per heavy atom. The molecule has 1 aliphatic rings. The van der Waals surface area contributed by atoms with E-state index in [0.717, 1.165) is 22.2 Å². The first-order valence-corrected chi connectivity index (χ1v) is 9.31. The average Bonchev–Trinajstić information content (AvgIpc) is 3.24. The molecule has 25 heavy (non-hydrogen) atoms. The summed E-state index contributed by atoms with van der Waals surface area (Å²) >= 11 is 2.50. The number of hydrogen-bond acceptors (Lipinski definition) is 5. The van der Waals surface area contributed by atoms with Crippen LogP contribution in [0, 0.1) is 0 Å². The maximum atomic E-state index is 12.6. The van der Waals surface area contributed by atoms with E-state index in [1.807, 2.05) is 24.4 Å². The van der Waals surface area contributed by atoms with Crippen LogP contribution < -0.4 is 5.32 Å². The molecule has 128 valence electrons. The maximum absolute atomic E-state index is 12.6. The topological polar surface area (TPSA) is 66.5 Å². The summed E-state index contributed by atoms with van der Waals surface area (Å²) in [5, 5.41) is 3.84. The van der Waals surface area contributed by atoms with Gasteiger partial charge in [0.1, 0.15) is 0 Å². The van der Waals surface area contributed by atoms with Gasteiger partial charge in [-0.2, -0.15) is 0 Å². The second-order valence-electron chi connectivity index (χ2n) is 5.58. The molecule has 1 fully saturated rings. The van der Waals surface area contributed by atoms with Crippen molar-refractivity contribution >= 4 is 46.2 Å². The fourth-order valence-electron chi connectivity index (χ4n) is 2.39. The zero-order valence-electron chi connectivity index (χ0n) is 13.7. The summed E-state index contributed by atoms with van der Waals surface area (Å²) < 4.78 is 0. The fourth-order valence-corrected chi connectivity index (χ4v) is 3.90. The molecule has 7 heteroatoms. The number of hydrogen-bond donors (Lipinski definition) is 1. The molecule has 1 aliphatic heterocycles. The van der Waals surface area contributed by atoms with E-state index in [0.29, 0.717) is 10.5 Å². The number of thioether (sulfide) groups is 1. The maximum Gasteiger partial charge on any atom is 0.290 e. The third kappa shape index (κ3) is 3.83. The van der Waals surface area contributed by atoms with E-state index >= 15 is 0 Å². The zero-order chi connectivity index (χ0) is 18.0. The van der Waals surface area contributed by atoms with Crippen LogP contribution in [0.4, 0.5) is 4.79 Å². The molecule has 1 atom stereocenters. The zero-order valence-corrected chi connectivity index (χ0v) is 15.3. The van der Waals surface area contributed by atoms with Crippen LogP contribution in [0.2, 0.25) is 0 Å². The standard InChI is InChI=1S/C18H16N2O3S2/c1-11(14-4-3-9-24-14)20(2)17(22)13-7-5-12(6-8-13)10-15-16(21)19-18(23)25-15/h3-11H,1-2H3,(H,19,21,23). The lowest BCUT2D eigenvalue weighted by Crippen LogP contribution is -2.29. The highest BCUT2D eigenvalue weighted by atomic mass is 32.2. The number of thiophene rings is 1. The van der Waals surface area contributed by atoms with Gasteiger partial charge in [-0.15, -0.1) is 11.3 Å². The largest absolute Gasteiger partial charge is 0.334 e. The van der Waals surface area contributed by atoms with Gasteiger partial charge in [-0.3, -0.25) is 19.7 Å². The first kappa shape index (κ1) is 17.4. The summed E-state index contributed by atoms with van der Waals surface area (Å²) in [7, 11) is 1.79. The fraction of sp³-hybridized carbons (Fsp3) is 0.167. The third-order valence-electron chi connectivity index (χ3n) is 3.95. The molecule has 1 saturated heterocycles. The average molecular weight is 372 g/mol. The van der Waals surface area contributed by atoms with Gasteiger partial charge in [0, 0.05) is 17.5 Å². The Balaban J connectivity index is 1.73. The normalized spacial score (nSPS) is 16.8. The second kappa shape index (κ2) is 7.25. The van der Waals surface area contributed by atoms with E-state index in [1.165, 1.54) is 0 Å². The van der Waals surface area contributed by atoms with E-state index in [4.69, 9.17) is 0 Å². The molecule has 2 aromatic rings. The SMILES string of the molecule is CC(c1cccs1)N(C)C(=O)c1ccc(C=C2SC(=O)NC2=O)cc1. The Kier molecular flexibility index (Phi) is 5.06. The Morgan fingerprint density at radius 3 is 2.48 bits per heavy atom. The van der Waals surface area contributed by atoms with Gasteiger partial charge in [-0.05, 0) is 53.9 Å². The number of amides is 3. The van der Waals surface area contributed by atoms with E-state index < -0.39 is 0 Å². The van der Waals surface area contributed by atoms with Crippen LogP contribution in [0.1, 0.15) is 33.8 Å². The van der Waals surface area contributed by atoms with Crippen molar-refractivity contribution in [2.24, 2.45) is 0 Å². The molecule has 5 nitrogen and oxygen atoms in total. The van der Waals surface area contributed by atoms with Crippen molar-refractivity contribution in [1.29, 1.82) is 0 Å². The molecule has 0 saturated carbocycles. The number of carbonyl (C=O) groups is 3. The number of imide groups is 1. The summed E-state index contributed by atoms with van der Waals surface area (Å²) in [5.41, 5.74) is 1.34. The molecule has 0 bridgehead atoms. The Morgan fingerprint density at radius 1 is 1.20 bits per heavy atom. The molecule has 2 heterocycles. The Bertz CT molecular complexity index is 842. The van der Waals surface area contributed by atoms with Gasteiger partial charge in [0.25, 0.3) is 17.1 Å². The van der Waals surface area contributed by atoms with Crippen molar-refractivity contribution in [1.82, 2.24) is 10.2 Å². The lowest BCUT2D eigenvalue weighted by molar-refractivity contribution is -0.115. The molecule has 3 rings (SSSR count). The van der Waals surface area contributed by atoms with Crippen molar-refractivity contribution in [3.05, 3.63) is 62.7 Å². The summed E-state index contributed by atoms with van der Waals surface area (Å²) in [6, 6.07) is 11.0.